The predicted octanol–water partition coefficient (Wildman–Crippen LogP) is 3.28. The van der Waals surface area contributed by atoms with Crippen LogP contribution in [0.15, 0.2) is 49.2 Å². The summed E-state index contributed by atoms with van der Waals surface area (Å²) in [6.45, 7) is 4.27. The molecule has 0 aliphatic rings. The van der Waals surface area contributed by atoms with Gasteiger partial charge >= 0.3 is 0 Å². The first-order chi connectivity index (χ1) is 12.0. The first-order valence-electron chi connectivity index (χ1n) is 7.58. The molecular weight excluding hydrogens is 361 g/mol. The highest BCUT2D eigenvalue weighted by atomic mass is 35.5. The van der Waals surface area contributed by atoms with E-state index in [0.717, 1.165) is 5.56 Å². The molecule has 2 amide bonds. The van der Waals surface area contributed by atoms with Crippen LogP contribution in [0.25, 0.3) is 0 Å². The normalized spacial score (nSPS) is 10.2. The van der Waals surface area contributed by atoms with Crippen molar-refractivity contribution in [3.63, 3.8) is 0 Å². The Kier molecular flexibility index (Phi) is 6.98. The largest absolute Gasteiger partial charge is 0.350 e. The second-order valence-corrected chi connectivity index (χ2v) is 6.01. The number of hydrogen-bond acceptors (Lipinski definition) is 3. The van der Waals surface area contributed by atoms with Gasteiger partial charge in [-0.1, -0.05) is 35.3 Å². The lowest BCUT2D eigenvalue weighted by atomic mass is 10.1. The second kappa shape index (κ2) is 9.20. The van der Waals surface area contributed by atoms with E-state index in [-0.39, 0.29) is 17.5 Å². The Balaban J connectivity index is 1.94. The summed E-state index contributed by atoms with van der Waals surface area (Å²) in [7, 11) is 0. The van der Waals surface area contributed by atoms with Crippen LogP contribution in [0.2, 0.25) is 10.0 Å². The van der Waals surface area contributed by atoms with Gasteiger partial charge in [0, 0.05) is 34.9 Å². The smallest absolute Gasteiger partial charge is 0.269 e. The fraction of sp³-hybridized carbons (Fsp3) is 0.167. The van der Waals surface area contributed by atoms with Crippen molar-refractivity contribution >= 4 is 35.0 Å². The minimum atomic E-state index is -0.358. The predicted molar refractivity (Wildman–Crippen MR) is 99.3 cm³/mol. The number of pyridine rings is 1. The molecular formula is C18H17Cl2N3O2. The Morgan fingerprint density at radius 2 is 1.92 bits per heavy atom. The lowest BCUT2D eigenvalue weighted by molar-refractivity contribution is 0.0949. The van der Waals surface area contributed by atoms with Crippen LogP contribution >= 0.6 is 23.2 Å². The van der Waals surface area contributed by atoms with Crippen LogP contribution in [-0.2, 0) is 6.42 Å². The number of nitrogens with zero attached hydrogens (tertiary/aromatic N) is 1. The first kappa shape index (κ1) is 19.0. The van der Waals surface area contributed by atoms with E-state index in [1.165, 1.54) is 12.3 Å². The van der Waals surface area contributed by atoms with Crippen molar-refractivity contribution in [2.75, 3.05) is 13.1 Å². The summed E-state index contributed by atoms with van der Waals surface area (Å²) in [5.41, 5.74) is 1.42. The molecule has 2 rings (SSSR count). The zero-order chi connectivity index (χ0) is 18.2. The van der Waals surface area contributed by atoms with Crippen LogP contribution < -0.4 is 10.6 Å². The maximum absolute atomic E-state index is 12.2. The maximum Gasteiger partial charge on any atom is 0.269 e. The number of halogens is 2. The van der Waals surface area contributed by atoms with Gasteiger partial charge in [0.2, 0.25) is 0 Å². The monoisotopic (exact) mass is 377 g/mol. The second-order valence-electron chi connectivity index (χ2n) is 5.17. The van der Waals surface area contributed by atoms with Crippen molar-refractivity contribution < 1.29 is 9.59 Å². The molecule has 0 saturated heterocycles. The number of aromatic nitrogens is 1. The number of amides is 2. The molecule has 130 valence electrons. The molecule has 0 aliphatic carbocycles. The van der Waals surface area contributed by atoms with Gasteiger partial charge in [0.1, 0.15) is 5.69 Å². The summed E-state index contributed by atoms with van der Waals surface area (Å²) in [6, 6.07) is 8.22. The van der Waals surface area contributed by atoms with Crippen molar-refractivity contribution in [1.82, 2.24) is 15.6 Å². The molecule has 0 aliphatic heterocycles. The summed E-state index contributed by atoms with van der Waals surface area (Å²) in [6.07, 6.45) is 3.56. The molecule has 1 aromatic carbocycles. The van der Waals surface area contributed by atoms with Gasteiger partial charge in [-0.2, -0.15) is 0 Å². The van der Waals surface area contributed by atoms with Gasteiger partial charge in [0.05, 0.1) is 0 Å². The molecule has 0 fully saturated rings. The summed E-state index contributed by atoms with van der Waals surface area (Å²) in [5.74, 6) is -0.646. The zero-order valence-corrected chi connectivity index (χ0v) is 14.9. The minimum absolute atomic E-state index is 0.174. The van der Waals surface area contributed by atoms with E-state index < -0.39 is 0 Å². The molecule has 0 unspecified atom stereocenters. The van der Waals surface area contributed by atoms with Crippen molar-refractivity contribution in [1.29, 1.82) is 0 Å². The highest BCUT2D eigenvalue weighted by Gasteiger charge is 2.11. The molecule has 1 heterocycles. The fourth-order valence-electron chi connectivity index (χ4n) is 2.09. The number of hydrogen-bond donors (Lipinski definition) is 2. The van der Waals surface area contributed by atoms with E-state index in [9.17, 15) is 9.59 Å². The van der Waals surface area contributed by atoms with E-state index in [1.54, 1.807) is 24.3 Å². The molecule has 0 spiro atoms. The Morgan fingerprint density at radius 1 is 1.12 bits per heavy atom. The molecule has 2 aromatic rings. The third-order valence-electron chi connectivity index (χ3n) is 3.36. The molecule has 0 radical (unpaired) electrons. The topological polar surface area (TPSA) is 71.1 Å². The van der Waals surface area contributed by atoms with E-state index in [1.807, 2.05) is 6.07 Å². The third kappa shape index (κ3) is 5.59. The summed E-state index contributed by atoms with van der Waals surface area (Å²) in [5, 5.41) is 6.53. The number of carbonyl (C=O) groups excluding carboxylic acids is 2. The van der Waals surface area contributed by atoms with Crippen LogP contribution in [-0.4, -0.2) is 29.9 Å². The van der Waals surface area contributed by atoms with Crippen LogP contribution in [0.3, 0.4) is 0 Å². The molecule has 1 aromatic heterocycles. The van der Waals surface area contributed by atoms with Crippen molar-refractivity contribution in [2.45, 2.75) is 6.42 Å². The summed E-state index contributed by atoms with van der Waals surface area (Å²) >= 11 is 12.0. The molecule has 0 saturated carbocycles. The van der Waals surface area contributed by atoms with Crippen LogP contribution in [0.4, 0.5) is 0 Å². The van der Waals surface area contributed by atoms with Gasteiger partial charge in [-0.25, -0.2) is 0 Å². The average molecular weight is 378 g/mol. The van der Waals surface area contributed by atoms with Gasteiger partial charge in [0.15, 0.2) is 0 Å². The number of benzene rings is 1. The molecule has 7 heteroatoms. The van der Waals surface area contributed by atoms with Crippen LogP contribution in [0.1, 0.15) is 26.4 Å². The van der Waals surface area contributed by atoms with Gasteiger partial charge in [-0.05, 0) is 36.2 Å². The van der Waals surface area contributed by atoms with Gasteiger partial charge < -0.3 is 10.6 Å². The van der Waals surface area contributed by atoms with Gasteiger partial charge in [-0.3, -0.25) is 14.6 Å². The number of rotatable bonds is 7. The zero-order valence-electron chi connectivity index (χ0n) is 13.4. The third-order valence-corrected chi connectivity index (χ3v) is 3.94. The van der Waals surface area contributed by atoms with Crippen LogP contribution in [0, 0.1) is 0 Å². The number of carbonyl (C=O) groups is 2. The van der Waals surface area contributed by atoms with E-state index >= 15 is 0 Å². The lowest BCUT2D eigenvalue weighted by Gasteiger charge is -2.08. The Labute approximate surface area is 156 Å². The molecule has 25 heavy (non-hydrogen) atoms. The number of nitrogens with one attached hydrogen (secondary N) is 2. The molecule has 5 nitrogen and oxygen atoms in total. The summed E-state index contributed by atoms with van der Waals surface area (Å²) < 4.78 is 0. The minimum Gasteiger partial charge on any atom is -0.350 e. The quantitative estimate of drug-likeness (QED) is 0.727. The fourth-order valence-corrected chi connectivity index (χ4v) is 2.59. The Morgan fingerprint density at radius 3 is 2.64 bits per heavy atom. The van der Waals surface area contributed by atoms with Gasteiger partial charge in [-0.15, -0.1) is 6.58 Å². The van der Waals surface area contributed by atoms with E-state index in [4.69, 9.17) is 23.2 Å². The molecule has 0 bridgehead atoms. The standard InChI is InChI=1S/C18H17Cl2N3O2/c1-2-7-22-17(24)13-6-8-21-16(10-13)18(25)23-9-5-12-3-4-14(19)11-15(12)20/h2-4,6,8,10-11H,1,5,7,9H2,(H,22,24)(H,23,25). The van der Waals surface area contributed by atoms with Crippen molar-refractivity contribution in [2.24, 2.45) is 0 Å². The summed E-state index contributed by atoms with van der Waals surface area (Å²) in [4.78, 5) is 28.1. The van der Waals surface area contributed by atoms with Crippen LogP contribution in [0.5, 0.6) is 0 Å². The highest BCUT2D eigenvalue weighted by molar-refractivity contribution is 6.35. The Hall–Kier alpha value is -2.37. The SMILES string of the molecule is C=CCNC(=O)c1ccnc(C(=O)NCCc2ccc(Cl)cc2Cl)c1. The molecule has 2 N–H and O–H groups in total. The van der Waals surface area contributed by atoms with Crippen molar-refractivity contribution in [3.8, 4) is 0 Å². The first-order valence-corrected chi connectivity index (χ1v) is 8.34. The Bertz CT molecular complexity index is 794. The van der Waals surface area contributed by atoms with E-state index in [0.29, 0.717) is 35.1 Å². The average Bonchev–Trinajstić information content (AvgIpc) is 2.61. The highest BCUT2D eigenvalue weighted by Crippen LogP contribution is 2.21. The molecule has 0 atom stereocenters. The van der Waals surface area contributed by atoms with Gasteiger partial charge in [0.25, 0.3) is 11.8 Å². The van der Waals surface area contributed by atoms with E-state index in [2.05, 4.69) is 22.2 Å². The lowest BCUT2D eigenvalue weighted by Crippen LogP contribution is -2.28. The maximum atomic E-state index is 12.2. The van der Waals surface area contributed by atoms with Crippen molar-refractivity contribution in [3.05, 3.63) is 76.0 Å².